The van der Waals surface area contributed by atoms with E-state index in [1.165, 1.54) is 6.07 Å². The van der Waals surface area contributed by atoms with Gasteiger partial charge in [-0.1, -0.05) is 42.1 Å². The van der Waals surface area contributed by atoms with E-state index < -0.39 is 11.7 Å². The van der Waals surface area contributed by atoms with Gasteiger partial charge in [0.15, 0.2) is 0 Å². The Balaban J connectivity index is 1.86. The Morgan fingerprint density at radius 1 is 1.17 bits per heavy atom. The molecule has 0 unspecified atom stereocenters. The fraction of sp³-hybridized carbons (Fsp3) is 0.250. The van der Waals surface area contributed by atoms with E-state index in [1.54, 1.807) is 11.9 Å². The molecular formula is C16H15F3N2OS. The van der Waals surface area contributed by atoms with Crippen LogP contribution >= 0.6 is 11.8 Å². The smallest absolute Gasteiger partial charge is 0.341 e. The molecule has 0 radical (unpaired) electrons. The summed E-state index contributed by atoms with van der Waals surface area (Å²) >= 11 is 1.12. The summed E-state index contributed by atoms with van der Waals surface area (Å²) in [6.07, 6.45) is -3.62. The van der Waals surface area contributed by atoms with E-state index in [4.69, 9.17) is 0 Å². The molecule has 3 nitrogen and oxygen atoms in total. The Kier molecular flexibility index (Phi) is 5.65. The maximum Gasteiger partial charge on any atom is 0.417 e. The molecule has 0 bridgehead atoms. The third kappa shape index (κ3) is 5.28. The highest BCUT2D eigenvalue weighted by Gasteiger charge is 2.30. The normalized spacial score (nSPS) is 11.3. The lowest BCUT2D eigenvalue weighted by molar-refractivity contribution is -0.138. The van der Waals surface area contributed by atoms with E-state index in [-0.39, 0.29) is 11.7 Å². The number of hydrogen-bond donors (Lipinski definition) is 0. The van der Waals surface area contributed by atoms with Crippen molar-refractivity contribution in [1.29, 1.82) is 0 Å². The summed E-state index contributed by atoms with van der Waals surface area (Å²) in [5.74, 6) is 0.0161. The van der Waals surface area contributed by atoms with Crippen molar-refractivity contribution in [2.45, 2.75) is 17.7 Å². The van der Waals surface area contributed by atoms with Gasteiger partial charge in [-0.3, -0.25) is 4.79 Å². The van der Waals surface area contributed by atoms with Crippen molar-refractivity contribution in [1.82, 2.24) is 9.88 Å². The largest absolute Gasteiger partial charge is 0.417 e. The molecule has 23 heavy (non-hydrogen) atoms. The SMILES string of the molecule is CN(Cc1ccccc1)C(=O)CSc1ccc(C(F)(F)F)cn1. The highest BCUT2D eigenvalue weighted by Crippen LogP contribution is 2.29. The number of aromatic nitrogens is 1. The van der Waals surface area contributed by atoms with Crippen LogP contribution in [0, 0.1) is 0 Å². The molecule has 0 N–H and O–H groups in total. The van der Waals surface area contributed by atoms with Gasteiger partial charge >= 0.3 is 6.18 Å². The molecule has 1 aromatic carbocycles. The number of halogens is 3. The maximum atomic E-state index is 12.4. The monoisotopic (exact) mass is 340 g/mol. The fourth-order valence-corrected chi connectivity index (χ4v) is 2.61. The number of benzene rings is 1. The van der Waals surface area contributed by atoms with Crippen LogP contribution in [0.3, 0.4) is 0 Å². The lowest BCUT2D eigenvalue weighted by Gasteiger charge is -2.17. The van der Waals surface area contributed by atoms with E-state index in [0.29, 0.717) is 11.6 Å². The van der Waals surface area contributed by atoms with Gasteiger partial charge < -0.3 is 4.90 Å². The molecule has 0 aliphatic carbocycles. The van der Waals surface area contributed by atoms with Gasteiger partial charge in [0.2, 0.25) is 5.91 Å². The van der Waals surface area contributed by atoms with E-state index >= 15 is 0 Å². The second-order valence-electron chi connectivity index (χ2n) is 4.91. The molecule has 1 heterocycles. The average molecular weight is 340 g/mol. The number of alkyl halides is 3. The molecular weight excluding hydrogens is 325 g/mol. The molecule has 0 aliphatic heterocycles. The minimum absolute atomic E-state index is 0.111. The van der Waals surface area contributed by atoms with E-state index in [1.807, 2.05) is 30.3 Å². The first-order chi connectivity index (χ1) is 10.9. The zero-order valence-corrected chi connectivity index (χ0v) is 13.2. The fourth-order valence-electron chi connectivity index (χ4n) is 1.82. The van der Waals surface area contributed by atoms with Crippen molar-refractivity contribution in [3.8, 4) is 0 Å². The molecule has 0 saturated heterocycles. The molecule has 1 amide bonds. The second-order valence-corrected chi connectivity index (χ2v) is 5.90. The summed E-state index contributed by atoms with van der Waals surface area (Å²) in [6.45, 7) is 0.487. The van der Waals surface area contributed by atoms with Crippen molar-refractivity contribution in [3.05, 3.63) is 59.8 Å². The number of carbonyl (C=O) groups excluding carboxylic acids is 1. The van der Waals surface area contributed by atoms with Gasteiger partial charge in [0.05, 0.1) is 16.3 Å². The van der Waals surface area contributed by atoms with Crippen molar-refractivity contribution in [2.24, 2.45) is 0 Å². The van der Waals surface area contributed by atoms with Gasteiger partial charge in [-0.15, -0.1) is 0 Å². The molecule has 2 aromatic rings. The zero-order chi connectivity index (χ0) is 16.9. The minimum Gasteiger partial charge on any atom is -0.341 e. The summed E-state index contributed by atoms with van der Waals surface area (Å²) < 4.78 is 37.3. The molecule has 1 aromatic heterocycles. The Morgan fingerprint density at radius 3 is 2.43 bits per heavy atom. The van der Waals surface area contributed by atoms with Crippen LogP contribution in [-0.2, 0) is 17.5 Å². The van der Waals surface area contributed by atoms with Crippen LogP contribution in [0.5, 0.6) is 0 Å². The molecule has 0 saturated carbocycles. The van der Waals surface area contributed by atoms with Crippen molar-refractivity contribution < 1.29 is 18.0 Å². The lowest BCUT2D eigenvalue weighted by atomic mass is 10.2. The average Bonchev–Trinajstić information content (AvgIpc) is 2.53. The van der Waals surface area contributed by atoms with Crippen LogP contribution < -0.4 is 0 Å². The van der Waals surface area contributed by atoms with Crippen molar-refractivity contribution in [2.75, 3.05) is 12.8 Å². The van der Waals surface area contributed by atoms with Gasteiger partial charge in [0.25, 0.3) is 0 Å². The lowest BCUT2D eigenvalue weighted by Crippen LogP contribution is -2.27. The number of amides is 1. The second kappa shape index (κ2) is 7.50. The number of pyridine rings is 1. The standard InChI is InChI=1S/C16H15F3N2OS/c1-21(10-12-5-3-2-4-6-12)15(22)11-23-14-8-7-13(9-20-14)16(17,18)19/h2-9H,10-11H2,1H3. The number of carbonyl (C=O) groups is 1. The highest BCUT2D eigenvalue weighted by atomic mass is 32.2. The van der Waals surface area contributed by atoms with Crippen LogP contribution in [-0.4, -0.2) is 28.6 Å². The summed E-state index contributed by atoms with van der Waals surface area (Å²) in [6, 6.07) is 11.8. The molecule has 0 atom stereocenters. The van der Waals surface area contributed by atoms with Crippen LogP contribution in [0.2, 0.25) is 0 Å². The number of hydrogen-bond acceptors (Lipinski definition) is 3. The summed E-state index contributed by atoms with van der Waals surface area (Å²) in [4.78, 5) is 17.4. The summed E-state index contributed by atoms with van der Waals surface area (Å²) in [7, 11) is 1.69. The van der Waals surface area contributed by atoms with Gasteiger partial charge in [-0.25, -0.2) is 4.98 Å². The van der Waals surface area contributed by atoms with Gasteiger partial charge in [-0.05, 0) is 17.7 Å². The van der Waals surface area contributed by atoms with Gasteiger partial charge in [-0.2, -0.15) is 13.2 Å². The van der Waals surface area contributed by atoms with E-state index in [2.05, 4.69) is 4.98 Å². The van der Waals surface area contributed by atoms with Crippen LogP contribution in [0.4, 0.5) is 13.2 Å². The number of rotatable bonds is 5. The Bertz CT molecular complexity index is 645. The van der Waals surface area contributed by atoms with Crippen LogP contribution in [0.15, 0.2) is 53.7 Å². The predicted molar refractivity (Wildman–Crippen MR) is 82.9 cm³/mol. The third-order valence-corrected chi connectivity index (χ3v) is 4.02. The zero-order valence-electron chi connectivity index (χ0n) is 12.4. The molecule has 2 rings (SSSR count). The quantitative estimate of drug-likeness (QED) is 0.775. The van der Waals surface area contributed by atoms with Crippen LogP contribution in [0.1, 0.15) is 11.1 Å². The topological polar surface area (TPSA) is 33.2 Å². The molecule has 0 fully saturated rings. The van der Waals surface area contributed by atoms with Crippen molar-refractivity contribution >= 4 is 17.7 Å². The maximum absolute atomic E-state index is 12.4. The first-order valence-corrected chi connectivity index (χ1v) is 7.79. The summed E-state index contributed by atoms with van der Waals surface area (Å²) in [5, 5.41) is 0.388. The first-order valence-electron chi connectivity index (χ1n) is 6.80. The minimum atomic E-state index is -4.40. The number of nitrogens with zero attached hydrogens (tertiary/aromatic N) is 2. The first kappa shape index (κ1) is 17.3. The summed E-state index contributed by atoms with van der Waals surface area (Å²) in [5.41, 5.74) is 0.218. The molecule has 0 aliphatic rings. The Hall–Kier alpha value is -2.02. The van der Waals surface area contributed by atoms with E-state index in [9.17, 15) is 18.0 Å². The predicted octanol–water partition coefficient (Wildman–Crippen LogP) is 3.85. The highest BCUT2D eigenvalue weighted by molar-refractivity contribution is 7.99. The Morgan fingerprint density at radius 2 is 1.87 bits per heavy atom. The third-order valence-electron chi connectivity index (χ3n) is 3.10. The van der Waals surface area contributed by atoms with Crippen molar-refractivity contribution in [3.63, 3.8) is 0 Å². The van der Waals surface area contributed by atoms with Gasteiger partial charge in [0.1, 0.15) is 0 Å². The molecule has 7 heteroatoms. The Labute approximate surface area is 136 Å². The number of thioether (sulfide) groups is 1. The molecule has 0 spiro atoms. The van der Waals surface area contributed by atoms with Gasteiger partial charge in [0, 0.05) is 19.8 Å². The van der Waals surface area contributed by atoms with Crippen LogP contribution in [0.25, 0.3) is 0 Å². The molecule has 122 valence electrons. The van der Waals surface area contributed by atoms with E-state index in [0.717, 1.165) is 29.6 Å².